The van der Waals surface area contributed by atoms with Crippen LogP contribution < -0.4 is 11.1 Å². The predicted molar refractivity (Wildman–Crippen MR) is 171 cm³/mol. The molecule has 3 N–H and O–H groups in total. The van der Waals surface area contributed by atoms with E-state index in [9.17, 15) is 4.79 Å². The summed E-state index contributed by atoms with van der Waals surface area (Å²) in [6.07, 6.45) is 0. The molecule has 2 aromatic heterocycles. The van der Waals surface area contributed by atoms with E-state index in [0.29, 0.717) is 21.7 Å². The van der Waals surface area contributed by atoms with E-state index >= 15 is 0 Å². The minimum atomic E-state index is -0.255. The van der Waals surface area contributed by atoms with Crippen molar-refractivity contribution in [1.82, 2.24) is 19.6 Å². The Morgan fingerprint density at radius 1 is 0.821 bits per heavy atom. The Labute approximate surface area is 244 Å². The summed E-state index contributed by atoms with van der Waals surface area (Å²) in [5.41, 5.74) is 9.83. The van der Waals surface area contributed by atoms with Crippen LogP contribution in [0.15, 0.2) is 24.3 Å². The molecule has 39 heavy (non-hydrogen) atoms. The van der Waals surface area contributed by atoms with Crippen LogP contribution in [0, 0.1) is 13.8 Å². The summed E-state index contributed by atoms with van der Waals surface area (Å²) in [5.74, 6) is 0.699. The number of aromatic nitrogens is 4. The highest BCUT2D eigenvalue weighted by Crippen LogP contribution is 2.32. The number of carbonyl (C=O) groups excluding carboxylic acids is 1. The van der Waals surface area contributed by atoms with Gasteiger partial charge in [-0.15, -0.1) is 0 Å². The standard InChI is InChI=1S/C12H14ClN3O2.C9H10ClN3.4C2H6/c1-7-4-5-8(13)10-11(7)16(2)15-12(10)14-9(17)6-18-3;1-5-3-4-6(10)7-8(5)13(2)12-9(7)11;4*1-2/h4-5H,6H2,1-3H3,(H,14,15,17);3-4H,1-2H3,(H2,11,12);4*1-2H3. The molecule has 4 aromatic rings. The zero-order valence-electron chi connectivity index (χ0n) is 26.0. The molecule has 0 saturated carbocycles. The van der Waals surface area contributed by atoms with Gasteiger partial charge in [0.1, 0.15) is 6.61 Å². The summed E-state index contributed by atoms with van der Waals surface area (Å²) in [6, 6.07) is 7.53. The zero-order chi connectivity index (χ0) is 30.9. The molecule has 2 aromatic carbocycles. The molecule has 1 amide bonds. The quantitative estimate of drug-likeness (QED) is 0.253. The average Bonchev–Trinajstić information content (AvgIpc) is 3.45. The molecular formula is C29H48Cl2N6O2. The van der Waals surface area contributed by atoms with Crippen molar-refractivity contribution in [3.05, 3.63) is 45.4 Å². The number of fused-ring (bicyclic) bond motifs is 2. The third kappa shape index (κ3) is 10.0. The monoisotopic (exact) mass is 582 g/mol. The number of benzene rings is 2. The fraction of sp³-hybridized carbons (Fsp3) is 0.483. The second-order valence-electron chi connectivity index (χ2n) is 7.14. The summed E-state index contributed by atoms with van der Waals surface area (Å²) in [4.78, 5) is 11.5. The van der Waals surface area contributed by atoms with Gasteiger partial charge in [0.2, 0.25) is 0 Å². The molecule has 0 aliphatic rings. The number of amides is 1. The lowest BCUT2D eigenvalue weighted by molar-refractivity contribution is -0.119. The first-order chi connectivity index (χ1) is 18.6. The molecule has 0 unspecified atom stereocenters. The molecule has 4 rings (SSSR count). The number of nitrogens with zero attached hydrogens (tertiary/aromatic N) is 4. The lowest BCUT2D eigenvalue weighted by atomic mass is 10.1. The van der Waals surface area contributed by atoms with Gasteiger partial charge < -0.3 is 15.8 Å². The normalized spacial score (nSPS) is 9.31. The molecule has 0 aliphatic carbocycles. The third-order valence-electron chi connectivity index (χ3n) is 4.84. The van der Waals surface area contributed by atoms with Gasteiger partial charge in [-0.05, 0) is 37.1 Å². The van der Waals surface area contributed by atoms with Crippen LogP contribution in [0.1, 0.15) is 66.5 Å². The van der Waals surface area contributed by atoms with E-state index in [0.717, 1.165) is 32.9 Å². The number of nitrogen functional groups attached to an aromatic ring is 1. The summed E-state index contributed by atoms with van der Waals surface area (Å²) in [6.45, 7) is 20.0. The minimum absolute atomic E-state index is 0.0124. The van der Waals surface area contributed by atoms with Crippen molar-refractivity contribution in [2.24, 2.45) is 14.1 Å². The molecule has 0 bridgehead atoms. The molecular weight excluding hydrogens is 535 g/mol. The topological polar surface area (TPSA) is 100.0 Å². The second-order valence-corrected chi connectivity index (χ2v) is 7.95. The highest BCUT2D eigenvalue weighted by molar-refractivity contribution is 6.37. The van der Waals surface area contributed by atoms with Gasteiger partial charge in [0.15, 0.2) is 11.6 Å². The first kappa shape index (κ1) is 38.3. The Bertz CT molecular complexity index is 1240. The average molecular weight is 584 g/mol. The first-order valence-corrected chi connectivity index (χ1v) is 14.2. The maximum Gasteiger partial charge on any atom is 0.251 e. The Morgan fingerprint density at radius 2 is 1.23 bits per heavy atom. The van der Waals surface area contributed by atoms with Gasteiger partial charge in [-0.25, -0.2) is 0 Å². The highest BCUT2D eigenvalue weighted by atomic mass is 35.5. The molecule has 10 heteroatoms. The van der Waals surface area contributed by atoms with E-state index in [-0.39, 0.29) is 12.5 Å². The van der Waals surface area contributed by atoms with Crippen molar-refractivity contribution in [1.29, 1.82) is 0 Å². The lowest BCUT2D eigenvalue weighted by Crippen LogP contribution is -2.17. The number of nitrogens with two attached hydrogens (primary N) is 1. The number of aryl methyl sites for hydroxylation is 4. The maximum atomic E-state index is 11.5. The number of carbonyl (C=O) groups is 1. The van der Waals surface area contributed by atoms with Crippen LogP contribution in [-0.2, 0) is 23.6 Å². The molecule has 0 atom stereocenters. The fourth-order valence-electron chi connectivity index (χ4n) is 3.54. The van der Waals surface area contributed by atoms with E-state index in [1.54, 1.807) is 15.4 Å². The number of halogens is 2. The SMILES string of the molecule is CC.CC.CC.CC.COCC(=O)Nc1nn(C)c2c(C)ccc(Cl)c12.Cc1ccc(Cl)c2c(N)nn(C)c12. The highest BCUT2D eigenvalue weighted by Gasteiger charge is 2.16. The Kier molecular flexibility index (Phi) is 19.8. The molecule has 0 fully saturated rings. The summed E-state index contributed by atoms with van der Waals surface area (Å²) >= 11 is 12.2. The molecule has 0 saturated heterocycles. The van der Waals surface area contributed by atoms with Crippen LogP contribution in [0.3, 0.4) is 0 Å². The fourth-order valence-corrected chi connectivity index (χ4v) is 4.03. The van der Waals surface area contributed by atoms with E-state index in [4.69, 9.17) is 33.7 Å². The van der Waals surface area contributed by atoms with Crippen LogP contribution >= 0.6 is 23.2 Å². The molecule has 0 spiro atoms. The van der Waals surface area contributed by atoms with E-state index in [2.05, 4.69) is 15.5 Å². The summed E-state index contributed by atoms with van der Waals surface area (Å²) in [7, 11) is 5.15. The van der Waals surface area contributed by atoms with Crippen molar-refractivity contribution in [2.75, 3.05) is 24.8 Å². The van der Waals surface area contributed by atoms with Gasteiger partial charge in [0.25, 0.3) is 5.91 Å². The Hall–Kier alpha value is -2.81. The maximum absolute atomic E-state index is 11.5. The number of methoxy groups -OCH3 is 1. The molecule has 220 valence electrons. The van der Waals surface area contributed by atoms with Gasteiger partial charge in [-0.1, -0.05) is 90.7 Å². The lowest BCUT2D eigenvalue weighted by Gasteiger charge is -2.03. The van der Waals surface area contributed by atoms with Crippen LogP contribution in [-0.4, -0.2) is 39.2 Å². The van der Waals surface area contributed by atoms with Gasteiger partial charge in [-0.2, -0.15) is 10.2 Å². The summed E-state index contributed by atoms with van der Waals surface area (Å²) in [5, 5.41) is 13.9. The molecule has 0 aliphatic heterocycles. The number of rotatable bonds is 3. The van der Waals surface area contributed by atoms with Crippen molar-refractivity contribution < 1.29 is 9.53 Å². The van der Waals surface area contributed by atoms with E-state index < -0.39 is 0 Å². The van der Waals surface area contributed by atoms with Gasteiger partial charge in [-0.3, -0.25) is 14.2 Å². The number of hydrogen-bond donors (Lipinski definition) is 2. The van der Waals surface area contributed by atoms with Crippen LogP contribution in [0.2, 0.25) is 10.0 Å². The van der Waals surface area contributed by atoms with E-state index in [1.807, 2.05) is 102 Å². The number of nitrogens with one attached hydrogen (secondary N) is 1. The second kappa shape index (κ2) is 20.1. The zero-order valence-corrected chi connectivity index (χ0v) is 27.5. The van der Waals surface area contributed by atoms with Crippen LogP contribution in [0.4, 0.5) is 11.6 Å². The largest absolute Gasteiger partial charge is 0.382 e. The van der Waals surface area contributed by atoms with Crippen LogP contribution in [0.5, 0.6) is 0 Å². The third-order valence-corrected chi connectivity index (χ3v) is 5.47. The van der Waals surface area contributed by atoms with Crippen molar-refractivity contribution in [3.63, 3.8) is 0 Å². The molecule has 8 nitrogen and oxygen atoms in total. The van der Waals surface area contributed by atoms with Crippen LogP contribution in [0.25, 0.3) is 21.8 Å². The smallest absolute Gasteiger partial charge is 0.251 e. The van der Waals surface area contributed by atoms with Gasteiger partial charge in [0, 0.05) is 21.2 Å². The van der Waals surface area contributed by atoms with Crippen molar-refractivity contribution >= 4 is 62.6 Å². The van der Waals surface area contributed by atoms with Crippen molar-refractivity contribution in [2.45, 2.75) is 69.2 Å². The molecule has 0 radical (unpaired) electrons. The first-order valence-electron chi connectivity index (χ1n) is 13.4. The predicted octanol–water partition coefficient (Wildman–Crippen LogP) is 8.34. The number of hydrogen-bond acceptors (Lipinski definition) is 5. The van der Waals surface area contributed by atoms with Gasteiger partial charge >= 0.3 is 0 Å². The Balaban J connectivity index is 0. The molecule has 2 heterocycles. The van der Waals surface area contributed by atoms with Crippen molar-refractivity contribution in [3.8, 4) is 0 Å². The Morgan fingerprint density at radius 3 is 1.67 bits per heavy atom. The number of ether oxygens (including phenoxy) is 1. The minimum Gasteiger partial charge on any atom is -0.382 e. The summed E-state index contributed by atoms with van der Waals surface area (Å²) < 4.78 is 8.23. The van der Waals surface area contributed by atoms with E-state index in [1.165, 1.54) is 7.11 Å². The number of anilines is 2. The van der Waals surface area contributed by atoms with Gasteiger partial charge in [0.05, 0.1) is 31.9 Å².